The Kier molecular flexibility index (Phi) is 4.21. The molecule has 2 N–H and O–H groups in total. The van der Waals surface area contributed by atoms with E-state index in [4.69, 9.17) is 10.7 Å². The maximum atomic E-state index is 12.0. The predicted molar refractivity (Wildman–Crippen MR) is 57.8 cm³/mol. The van der Waals surface area contributed by atoms with E-state index in [0.29, 0.717) is 0 Å². The molecule has 0 spiro atoms. The second-order valence-corrected chi connectivity index (χ2v) is 6.87. The second kappa shape index (κ2) is 4.81. The van der Waals surface area contributed by atoms with Crippen LogP contribution in [0.4, 0.5) is 0 Å². The average Bonchev–Trinajstić information content (AvgIpc) is 2.15. The lowest BCUT2D eigenvalue weighted by Gasteiger charge is -2.36. The van der Waals surface area contributed by atoms with Crippen LogP contribution in [0.5, 0.6) is 0 Å². The fourth-order valence-corrected chi connectivity index (χ4v) is 2.84. The molecule has 1 fully saturated rings. The van der Waals surface area contributed by atoms with Gasteiger partial charge in [0.1, 0.15) is 4.75 Å². The van der Waals surface area contributed by atoms with Gasteiger partial charge in [-0.15, -0.1) is 4.31 Å². The highest BCUT2D eigenvalue weighted by Crippen LogP contribution is 2.24. The Morgan fingerprint density at radius 1 is 1.36 bits per heavy atom. The van der Waals surface area contributed by atoms with Gasteiger partial charge in [0.2, 0.25) is 0 Å². The van der Waals surface area contributed by atoms with E-state index in [-0.39, 0.29) is 10.9 Å². The zero-order valence-electron chi connectivity index (χ0n) is 9.16. The molecule has 1 rings (SSSR count). The first-order valence-electron chi connectivity index (χ1n) is 4.97. The molecular formula is C9H20N2O2S. The van der Waals surface area contributed by atoms with Gasteiger partial charge in [-0.2, -0.15) is 0 Å². The van der Waals surface area contributed by atoms with Gasteiger partial charge in [0.25, 0.3) is 0 Å². The summed E-state index contributed by atoms with van der Waals surface area (Å²) >= 11 is -0.904. The van der Waals surface area contributed by atoms with Crippen LogP contribution in [0.15, 0.2) is 0 Å². The minimum atomic E-state index is -0.904. The number of hydrogen-bond donors (Lipinski definition) is 1. The quantitative estimate of drug-likeness (QED) is 0.552. The van der Waals surface area contributed by atoms with Crippen LogP contribution in [-0.2, 0) is 16.2 Å². The Labute approximate surface area is 89.1 Å². The molecule has 14 heavy (non-hydrogen) atoms. The zero-order chi connectivity index (χ0) is 10.8. The topological polar surface area (TPSA) is 61.5 Å². The van der Waals surface area contributed by atoms with Crippen LogP contribution in [0.3, 0.4) is 0 Å². The first-order chi connectivity index (χ1) is 6.45. The van der Waals surface area contributed by atoms with Crippen molar-refractivity contribution in [3.63, 3.8) is 0 Å². The van der Waals surface area contributed by atoms with Gasteiger partial charge in [-0.1, -0.05) is 0 Å². The van der Waals surface area contributed by atoms with Gasteiger partial charge in [0.15, 0.2) is 0 Å². The van der Waals surface area contributed by atoms with Crippen molar-refractivity contribution in [1.29, 1.82) is 0 Å². The molecule has 1 atom stereocenters. The predicted octanol–water partition coefficient (Wildman–Crippen LogP) is 0.803. The lowest BCUT2D eigenvalue weighted by atomic mass is 10.1. The Hall–Kier alpha value is 0.190. The van der Waals surface area contributed by atoms with E-state index >= 15 is 0 Å². The largest absolute Gasteiger partial charge is 0.598 e. The number of rotatable bonds is 2. The van der Waals surface area contributed by atoms with Crippen molar-refractivity contribution in [2.75, 3.05) is 13.1 Å². The van der Waals surface area contributed by atoms with Gasteiger partial charge in [-0.05, 0) is 33.6 Å². The molecule has 0 amide bonds. The van der Waals surface area contributed by atoms with Gasteiger partial charge < -0.3 is 9.39 Å². The van der Waals surface area contributed by atoms with Crippen molar-refractivity contribution in [2.45, 2.75) is 44.5 Å². The van der Waals surface area contributed by atoms with Crippen LogP contribution in [-0.4, -0.2) is 32.8 Å². The molecule has 5 heteroatoms. The minimum Gasteiger partial charge on any atom is -0.598 e. The van der Waals surface area contributed by atoms with Crippen LogP contribution in [0, 0.1) is 0 Å². The summed E-state index contributed by atoms with van der Waals surface area (Å²) in [6, 6.07) is 0. The smallest absolute Gasteiger partial charge is 0.137 e. The van der Waals surface area contributed by atoms with E-state index in [1.807, 2.05) is 25.1 Å². The van der Waals surface area contributed by atoms with Crippen LogP contribution in [0.1, 0.15) is 33.6 Å². The summed E-state index contributed by atoms with van der Waals surface area (Å²) in [5, 5.41) is 0. The molecule has 0 aliphatic carbocycles. The highest BCUT2D eigenvalue weighted by atomic mass is 32.2. The van der Waals surface area contributed by atoms with E-state index in [1.54, 1.807) is 0 Å². The zero-order valence-corrected chi connectivity index (χ0v) is 9.97. The Balaban J connectivity index is 2.42. The minimum absolute atomic E-state index is 0.142. The summed E-state index contributed by atoms with van der Waals surface area (Å²) < 4.78 is 13.8. The van der Waals surface area contributed by atoms with Crippen LogP contribution in [0.2, 0.25) is 0 Å². The molecule has 1 aliphatic rings. The third-order valence-electron chi connectivity index (χ3n) is 2.35. The molecule has 84 valence electrons. The van der Waals surface area contributed by atoms with Crippen LogP contribution >= 0.6 is 0 Å². The van der Waals surface area contributed by atoms with Gasteiger partial charge in [-0.3, -0.25) is 0 Å². The van der Waals surface area contributed by atoms with Crippen molar-refractivity contribution in [3.8, 4) is 0 Å². The molecule has 0 aromatic heterocycles. The second-order valence-electron chi connectivity index (χ2n) is 4.63. The van der Waals surface area contributed by atoms with E-state index < -0.39 is 11.4 Å². The summed E-state index contributed by atoms with van der Waals surface area (Å²) in [5.41, 5.74) is 0. The molecule has 0 radical (unpaired) electrons. The summed E-state index contributed by atoms with van der Waals surface area (Å²) in [7, 11) is 0. The number of nitrogens with zero attached hydrogens (tertiary/aromatic N) is 1. The molecule has 1 saturated heterocycles. The van der Waals surface area contributed by atoms with Crippen molar-refractivity contribution in [1.82, 2.24) is 4.31 Å². The normalized spacial score (nSPS) is 23.8. The van der Waals surface area contributed by atoms with Crippen molar-refractivity contribution in [3.05, 3.63) is 0 Å². The van der Waals surface area contributed by atoms with E-state index in [1.165, 1.54) is 0 Å². The molecular weight excluding hydrogens is 200 g/mol. The van der Waals surface area contributed by atoms with Crippen LogP contribution < -0.4 is 5.90 Å². The third-order valence-corrected chi connectivity index (χ3v) is 4.23. The highest BCUT2D eigenvalue weighted by Gasteiger charge is 2.35. The average molecular weight is 220 g/mol. The van der Waals surface area contributed by atoms with Crippen molar-refractivity contribution >= 4 is 11.4 Å². The molecule has 0 aromatic rings. The first kappa shape index (κ1) is 12.3. The molecule has 0 saturated carbocycles. The van der Waals surface area contributed by atoms with E-state index in [9.17, 15) is 4.55 Å². The molecule has 1 aliphatic heterocycles. The molecule has 4 nitrogen and oxygen atoms in total. The summed E-state index contributed by atoms with van der Waals surface area (Å²) in [6.45, 7) is 7.61. The third kappa shape index (κ3) is 3.10. The fourth-order valence-electron chi connectivity index (χ4n) is 1.52. The summed E-state index contributed by atoms with van der Waals surface area (Å²) in [5.74, 6) is 5.12. The monoisotopic (exact) mass is 220 g/mol. The first-order valence-corrected chi connectivity index (χ1v) is 6.08. The number of hydrogen-bond acceptors (Lipinski definition) is 4. The molecule has 0 aromatic carbocycles. The van der Waals surface area contributed by atoms with Crippen molar-refractivity contribution < 1.29 is 9.39 Å². The van der Waals surface area contributed by atoms with Crippen molar-refractivity contribution in [2.24, 2.45) is 5.90 Å². The standard InChI is InChI=1S/C9H20N2O2S/c1-9(2,3)14(12)11-6-4-8(13-10)5-7-11/h8H,4-7,10H2,1-3H3. The Morgan fingerprint density at radius 3 is 2.21 bits per heavy atom. The van der Waals surface area contributed by atoms with Gasteiger partial charge in [-0.25, -0.2) is 5.90 Å². The maximum absolute atomic E-state index is 12.0. The fraction of sp³-hybridized carbons (Fsp3) is 1.00. The van der Waals surface area contributed by atoms with E-state index in [0.717, 1.165) is 25.9 Å². The maximum Gasteiger partial charge on any atom is 0.137 e. The van der Waals surface area contributed by atoms with Crippen LogP contribution in [0.25, 0.3) is 0 Å². The molecule has 0 bridgehead atoms. The lowest BCUT2D eigenvalue weighted by Crippen LogP contribution is -2.48. The highest BCUT2D eigenvalue weighted by molar-refractivity contribution is 7.90. The lowest BCUT2D eigenvalue weighted by molar-refractivity contribution is 0.0202. The molecule has 1 unspecified atom stereocenters. The van der Waals surface area contributed by atoms with Gasteiger partial charge in [0.05, 0.1) is 6.10 Å². The summed E-state index contributed by atoms with van der Waals surface area (Å²) in [4.78, 5) is 4.78. The van der Waals surface area contributed by atoms with Gasteiger partial charge >= 0.3 is 0 Å². The Bertz CT molecular complexity index is 176. The number of piperidine rings is 1. The van der Waals surface area contributed by atoms with Gasteiger partial charge in [0, 0.05) is 24.5 Å². The molecule has 1 heterocycles. The SMILES string of the molecule is CC(C)(C)[S+]([O-])N1CCC(ON)CC1. The Morgan fingerprint density at radius 2 is 1.86 bits per heavy atom. The summed E-state index contributed by atoms with van der Waals surface area (Å²) in [6.07, 6.45) is 1.89. The van der Waals surface area contributed by atoms with E-state index in [2.05, 4.69) is 0 Å². The number of nitrogens with two attached hydrogens (primary N) is 1.